The molecule has 8 heteroatoms. The average molecular weight is 461 g/mol. The summed E-state index contributed by atoms with van der Waals surface area (Å²) in [5.41, 5.74) is 4.01. The van der Waals surface area contributed by atoms with Gasteiger partial charge in [0, 0.05) is 38.1 Å². The highest BCUT2D eigenvalue weighted by Crippen LogP contribution is 2.42. The van der Waals surface area contributed by atoms with Gasteiger partial charge < -0.3 is 25.4 Å². The van der Waals surface area contributed by atoms with Crippen LogP contribution in [-0.4, -0.2) is 56.8 Å². The number of carbonyl (C=O) groups excluding carboxylic acids is 2. The fraction of sp³-hybridized carbons (Fsp3) is 0.423. The van der Waals surface area contributed by atoms with Gasteiger partial charge >= 0.3 is 5.97 Å². The van der Waals surface area contributed by atoms with Crippen LogP contribution in [0.15, 0.2) is 42.5 Å². The first-order valence-electron chi connectivity index (χ1n) is 11.8. The second-order valence-electron chi connectivity index (χ2n) is 9.08. The second kappa shape index (κ2) is 9.55. The van der Waals surface area contributed by atoms with Crippen molar-refractivity contribution in [1.82, 2.24) is 16.0 Å². The predicted octanol–water partition coefficient (Wildman–Crippen LogP) is 1.64. The topological polar surface area (TPSA) is 112 Å². The Labute approximate surface area is 198 Å². The maximum absolute atomic E-state index is 12.5. The Balaban J connectivity index is 1.27. The Morgan fingerprint density at radius 2 is 2.00 bits per heavy atom. The second-order valence-corrected chi connectivity index (χ2v) is 9.08. The number of ether oxygens (including phenoxy) is 2. The number of rotatable bonds is 5. The number of amides is 1. The van der Waals surface area contributed by atoms with Gasteiger partial charge in [-0.15, -0.1) is 0 Å². The van der Waals surface area contributed by atoms with Crippen LogP contribution >= 0.6 is 0 Å². The third-order valence-electron chi connectivity index (χ3n) is 6.77. The number of hydrogen-bond donors (Lipinski definition) is 3. The molecule has 2 aromatic carbocycles. The lowest BCUT2D eigenvalue weighted by Gasteiger charge is -2.22. The summed E-state index contributed by atoms with van der Waals surface area (Å²) in [5, 5.41) is 18.8. The van der Waals surface area contributed by atoms with Crippen LogP contribution in [0.1, 0.15) is 34.3 Å². The van der Waals surface area contributed by atoms with E-state index in [1.165, 1.54) is 0 Å². The van der Waals surface area contributed by atoms with E-state index in [-0.39, 0.29) is 11.9 Å². The largest absolute Gasteiger partial charge is 0.449 e. The summed E-state index contributed by atoms with van der Waals surface area (Å²) >= 11 is 0. The van der Waals surface area contributed by atoms with E-state index < -0.39 is 17.7 Å². The smallest absolute Gasteiger partial charge is 0.339 e. The molecule has 0 radical (unpaired) electrons. The van der Waals surface area contributed by atoms with Gasteiger partial charge in [-0.3, -0.25) is 4.79 Å². The molecule has 3 heterocycles. The summed E-state index contributed by atoms with van der Waals surface area (Å²) in [6, 6.07) is 15.3. The van der Waals surface area contributed by atoms with Crippen LogP contribution in [0.4, 0.5) is 0 Å². The number of nitrogens with one attached hydrogen (secondary N) is 3. The van der Waals surface area contributed by atoms with Crippen LogP contribution in [0, 0.1) is 11.3 Å². The molecule has 0 saturated carbocycles. The molecule has 2 aromatic rings. The van der Waals surface area contributed by atoms with Gasteiger partial charge in [-0.05, 0) is 48.3 Å². The van der Waals surface area contributed by atoms with Crippen molar-refractivity contribution in [1.29, 1.82) is 5.26 Å². The van der Waals surface area contributed by atoms with Crippen LogP contribution in [-0.2, 0) is 26.3 Å². The highest BCUT2D eigenvalue weighted by Gasteiger charge is 2.47. The molecular weight excluding hydrogens is 432 g/mol. The monoisotopic (exact) mass is 460 g/mol. The quantitative estimate of drug-likeness (QED) is 0.582. The summed E-state index contributed by atoms with van der Waals surface area (Å²) in [4.78, 5) is 24.8. The number of esters is 1. The molecule has 1 amide bonds. The standard InChI is InChI=1S/C26H28N4O4/c27-14-20(30-24(31)23-15-28-9-1-11-33-23)12-17-2-4-18(5-3-17)19-6-7-21-22(13-19)26(34-25(21)32)8-10-29-16-26/h2-7,13,20,23,28-29H,1,8-12,15-16H2,(H,30,31)/t20-,23-,26?/m0/s1. The molecule has 3 N–H and O–H groups in total. The van der Waals surface area contributed by atoms with Crippen molar-refractivity contribution < 1.29 is 19.1 Å². The van der Waals surface area contributed by atoms with E-state index in [2.05, 4.69) is 28.1 Å². The van der Waals surface area contributed by atoms with Crippen LogP contribution < -0.4 is 16.0 Å². The predicted molar refractivity (Wildman–Crippen MR) is 125 cm³/mol. The highest BCUT2D eigenvalue weighted by molar-refractivity contribution is 5.95. The molecule has 0 aliphatic carbocycles. The van der Waals surface area contributed by atoms with Gasteiger partial charge in [-0.25, -0.2) is 4.79 Å². The van der Waals surface area contributed by atoms with E-state index in [0.29, 0.717) is 31.7 Å². The van der Waals surface area contributed by atoms with Crippen molar-refractivity contribution >= 4 is 11.9 Å². The van der Waals surface area contributed by atoms with Crippen LogP contribution in [0.3, 0.4) is 0 Å². The summed E-state index contributed by atoms with van der Waals surface area (Å²) in [6.07, 6.45) is 1.47. The number of hydrogen-bond acceptors (Lipinski definition) is 7. The molecule has 8 nitrogen and oxygen atoms in total. The van der Waals surface area contributed by atoms with Crippen molar-refractivity contribution in [2.45, 2.75) is 37.0 Å². The maximum atomic E-state index is 12.5. The number of nitrogens with zero attached hydrogens (tertiary/aromatic N) is 1. The zero-order chi connectivity index (χ0) is 23.5. The van der Waals surface area contributed by atoms with Crippen molar-refractivity contribution in [3.05, 3.63) is 59.2 Å². The third kappa shape index (κ3) is 4.42. The Hall–Kier alpha value is -3.25. The molecule has 5 rings (SSSR count). The molecular formula is C26H28N4O4. The van der Waals surface area contributed by atoms with E-state index in [1.54, 1.807) is 0 Å². The summed E-state index contributed by atoms with van der Waals surface area (Å²) in [6.45, 7) is 3.27. The first kappa shape index (κ1) is 22.5. The van der Waals surface area contributed by atoms with Gasteiger partial charge in [0.1, 0.15) is 12.1 Å². The van der Waals surface area contributed by atoms with E-state index in [4.69, 9.17) is 9.47 Å². The van der Waals surface area contributed by atoms with Crippen molar-refractivity contribution in [2.24, 2.45) is 0 Å². The Morgan fingerprint density at radius 1 is 1.18 bits per heavy atom. The minimum Gasteiger partial charge on any atom is -0.449 e. The molecule has 2 saturated heterocycles. The van der Waals surface area contributed by atoms with Gasteiger partial charge in [0.05, 0.1) is 11.6 Å². The Bertz CT molecular complexity index is 1110. The van der Waals surface area contributed by atoms with Crippen LogP contribution in [0.5, 0.6) is 0 Å². The first-order valence-corrected chi connectivity index (χ1v) is 11.8. The summed E-state index contributed by atoms with van der Waals surface area (Å²) in [7, 11) is 0. The zero-order valence-corrected chi connectivity index (χ0v) is 18.9. The fourth-order valence-corrected chi connectivity index (χ4v) is 4.90. The summed E-state index contributed by atoms with van der Waals surface area (Å²) < 4.78 is 11.3. The number of carbonyl (C=O) groups is 2. The third-order valence-corrected chi connectivity index (χ3v) is 6.77. The molecule has 1 spiro atoms. The molecule has 34 heavy (non-hydrogen) atoms. The molecule has 1 unspecified atom stereocenters. The van der Waals surface area contributed by atoms with Gasteiger partial charge in [0.25, 0.3) is 5.91 Å². The highest BCUT2D eigenvalue weighted by atomic mass is 16.6. The van der Waals surface area contributed by atoms with Crippen molar-refractivity contribution in [3.8, 4) is 17.2 Å². The molecule has 2 fully saturated rings. The van der Waals surface area contributed by atoms with Crippen LogP contribution in [0.2, 0.25) is 0 Å². The first-order chi connectivity index (χ1) is 16.6. The zero-order valence-electron chi connectivity index (χ0n) is 18.9. The molecule has 0 aromatic heterocycles. The lowest BCUT2D eigenvalue weighted by molar-refractivity contribution is -0.132. The van der Waals surface area contributed by atoms with E-state index >= 15 is 0 Å². The number of fused-ring (bicyclic) bond motifs is 2. The lowest BCUT2D eigenvalue weighted by Crippen LogP contribution is -2.46. The minimum atomic E-state index is -0.636. The number of benzene rings is 2. The summed E-state index contributed by atoms with van der Waals surface area (Å²) in [5.74, 6) is -0.516. The average Bonchev–Trinajstić information content (AvgIpc) is 3.31. The lowest BCUT2D eigenvalue weighted by atomic mass is 9.88. The molecule has 3 aliphatic heterocycles. The Kier molecular flexibility index (Phi) is 6.33. The molecule has 3 aliphatic rings. The normalized spacial score (nSPS) is 24.7. The minimum absolute atomic E-state index is 0.254. The SMILES string of the molecule is N#C[C@H](Cc1ccc(-c2ccc3c(c2)C2(CCNC2)OC3=O)cc1)NC(=O)[C@@H]1CNCCCO1. The number of nitriles is 1. The van der Waals surface area contributed by atoms with Crippen molar-refractivity contribution in [3.63, 3.8) is 0 Å². The molecule has 3 atom stereocenters. The van der Waals surface area contributed by atoms with Gasteiger partial charge in [0.15, 0.2) is 5.60 Å². The van der Waals surface area contributed by atoms with Gasteiger partial charge in [0.2, 0.25) is 0 Å². The van der Waals surface area contributed by atoms with Crippen molar-refractivity contribution in [2.75, 3.05) is 32.8 Å². The fourth-order valence-electron chi connectivity index (χ4n) is 4.90. The van der Waals surface area contributed by atoms with Gasteiger partial charge in [-0.1, -0.05) is 30.3 Å². The Morgan fingerprint density at radius 3 is 2.76 bits per heavy atom. The van der Waals surface area contributed by atoms with E-state index in [0.717, 1.165) is 48.2 Å². The van der Waals surface area contributed by atoms with E-state index in [1.807, 2.05) is 36.4 Å². The van der Waals surface area contributed by atoms with Gasteiger partial charge in [-0.2, -0.15) is 5.26 Å². The van der Waals surface area contributed by atoms with Crippen LogP contribution in [0.25, 0.3) is 11.1 Å². The molecule has 176 valence electrons. The maximum Gasteiger partial charge on any atom is 0.339 e. The molecule has 0 bridgehead atoms. The van der Waals surface area contributed by atoms with E-state index in [9.17, 15) is 14.9 Å².